The van der Waals surface area contributed by atoms with Crippen LogP contribution in [0.25, 0.3) is 0 Å². The van der Waals surface area contributed by atoms with Crippen molar-refractivity contribution in [2.24, 2.45) is 5.41 Å². The third kappa shape index (κ3) is 4.69. The first-order valence-corrected chi connectivity index (χ1v) is 9.09. The first kappa shape index (κ1) is 18.9. The summed E-state index contributed by atoms with van der Waals surface area (Å²) in [4.78, 5) is 11.2. The number of nitrogens with one attached hydrogen (secondary N) is 1. The fraction of sp³-hybridized carbons (Fsp3) is 0.533. The van der Waals surface area contributed by atoms with Gasteiger partial charge >= 0.3 is 5.97 Å². The lowest BCUT2D eigenvalue weighted by Gasteiger charge is -2.19. The van der Waals surface area contributed by atoms with E-state index in [1.165, 1.54) is 0 Å². The van der Waals surface area contributed by atoms with Crippen LogP contribution in [0.2, 0.25) is 5.02 Å². The van der Waals surface area contributed by atoms with Crippen LogP contribution in [0.3, 0.4) is 0 Å². The SMILES string of the molecule is CCS(=O)(=O)c1c(Cl)cccc1CNCCC(C)(C)C(=O)O. The third-order valence-corrected chi connectivity index (χ3v) is 5.85. The van der Waals surface area contributed by atoms with Crippen molar-refractivity contribution in [1.82, 2.24) is 5.32 Å². The molecule has 1 rings (SSSR count). The molecular formula is C15H22ClNO4S. The van der Waals surface area contributed by atoms with Crippen molar-refractivity contribution < 1.29 is 18.3 Å². The largest absolute Gasteiger partial charge is 0.481 e. The molecule has 0 bridgehead atoms. The molecule has 1 aromatic rings. The van der Waals surface area contributed by atoms with Crippen molar-refractivity contribution in [1.29, 1.82) is 0 Å². The Morgan fingerprint density at radius 3 is 2.55 bits per heavy atom. The van der Waals surface area contributed by atoms with Crippen LogP contribution >= 0.6 is 11.6 Å². The summed E-state index contributed by atoms with van der Waals surface area (Å²) in [6.07, 6.45) is 0.443. The summed E-state index contributed by atoms with van der Waals surface area (Å²) in [7, 11) is -3.40. The Morgan fingerprint density at radius 1 is 1.36 bits per heavy atom. The lowest BCUT2D eigenvalue weighted by molar-refractivity contribution is -0.147. The third-order valence-electron chi connectivity index (χ3n) is 3.56. The number of rotatable bonds is 8. The molecule has 0 fully saturated rings. The van der Waals surface area contributed by atoms with Gasteiger partial charge < -0.3 is 10.4 Å². The number of hydrogen-bond donors (Lipinski definition) is 2. The molecule has 7 heteroatoms. The minimum atomic E-state index is -3.40. The maximum Gasteiger partial charge on any atom is 0.309 e. The standard InChI is InChI=1S/C15H22ClNO4S/c1-4-22(20,21)13-11(6-5-7-12(13)16)10-17-9-8-15(2,3)14(18)19/h5-7,17H,4,8-10H2,1-3H3,(H,18,19). The summed E-state index contributed by atoms with van der Waals surface area (Å²) >= 11 is 6.03. The van der Waals surface area contributed by atoms with Crippen molar-refractivity contribution in [2.45, 2.75) is 38.6 Å². The molecule has 0 heterocycles. The number of aliphatic carboxylic acids is 1. The van der Waals surface area contributed by atoms with Crippen LogP contribution in [0.5, 0.6) is 0 Å². The fourth-order valence-electron chi connectivity index (χ4n) is 1.92. The Bertz CT molecular complexity index is 641. The van der Waals surface area contributed by atoms with E-state index in [9.17, 15) is 13.2 Å². The molecular weight excluding hydrogens is 326 g/mol. The van der Waals surface area contributed by atoms with E-state index in [0.29, 0.717) is 25.1 Å². The summed E-state index contributed by atoms with van der Waals surface area (Å²) in [5, 5.41) is 12.4. The van der Waals surface area contributed by atoms with Gasteiger partial charge in [-0.05, 0) is 38.4 Å². The maximum atomic E-state index is 12.1. The Hall–Kier alpha value is -1.11. The second kappa shape index (κ2) is 7.44. The highest BCUT2D eigenvalue weighted by molar-refractivity contribution is 7.91. The van der Waals surface area contributed by atoms with Crippen LogP contribution in [0.1, 0.15) is 32.8 Å². The van der Waals surface area contributed by atoms with Gasteiger partial charge in [-0.2, -0.15) is 0 Å². The van der Waals surface area contributed by atoms with Gasteiger partial charge in [-0.1, -0.05) is 30.7 Å². The molecule has 0 aromatic heterocycles. The van der Waals surface area contributed by atoms with Gasteiger partial charge in [-0.25, -0.2) is 8.42 Å². The zero-order valence-corrected chi connectivity index (χ0v) is 14.6. The molecule has 0 radical (unpaired) electrons. The summed E-state index contributed by atoms with van der Waals surface area (Å²) in [6, 6.07) is 4.97. The highest BCUT2D eigenvalue weighted by Crippen LogP contribution is 2.26. The van der Waals surface area contributed by atoms with Crippen LogP contribution in [0.4, 0.5) is 0 Å². The van der Waals surface area contributed by atoms with Crippen LogP contribution in [-0.2, 0) is 21.2 Å². The number of halogens is 1. The summed E-state index contributed by atoms with van der Waals surface area (Å²) in [6.45, 7) is 5.68. The Labute approximate surface area is 136 Å². The Balaban J connectivity index is 2.80. The van der Waals surface area contributed by atoms with Gasteiger partial charge in [0.1, 0.15) is 0 Å². The number of carbonyl (C=O) groups is 1. The van der Waals surface area contributed by atoms with Gasteiger partial charge in [0.2, 0.25) is 0 Å². The number of sulfone groups is 1. The molecule has 1 aromatic carbocycles. The first-order chi connectivity index (χ1) is 10.1. The lowest BCUT2D eigenvalue weighted by Crippen LogP contribution is -2.29. The number of carboxylic acid groups (broad SMARTS) is 1. The van der Waals surface area contributed by atoms with Crippen LogP contribution in [0, 0.1) is 5.41 Å². The predicted octanol–water partition coefficient (Wildman–Crippen LogP) is 2.72. The van der Waals surface area contributed by atoms with Gasteiger partial charge in [-0.3, -0.25) is 4.79 Å². The highest BCUT2D eigenvalue weighted by Gasteiger charge is 2.26. The van der Waals surface area contributed by atoms with Gasteiger partial charge in [0.25, 0.3) is 0 Å². The van der Waals surface area contributed by atoms with Crippen molar-refractivity contribution in [3.8, 4) is 0 Å². The van der Waals surface area contributed by atoms with Gasteiger partial charge in [0, 0.05) is 6.54 Å². The van der Waals surface area contributed by atoms with Crippen molar-refractivity contribution in [3.05, 3.63) is 28.8 Å². The van der Waals surface area contributed by atoms with Crippen LogP contribution < -0.4 is 5.32 Å². The van der Waals surface area contributed by atoms with Gasteiger partial charge in [0.05, 0.1) is 21.1 Å². The molecule has 0 amide bonds. The zero-order valence-electron chi connectivity index (χ0n) is 13.0. The van der Waals surface area contributed by atoms with E-state index in [0.717, 1.165) is 0 Å². The summed E-state index contributed by atoms with van der Waals surface area (Å²) in [5.74, 6) is -0.873. The normalized spacial score (nSPS) is 12.4. The average molecular weight is 348 g/mol. The van der Waals surface area contributed by atoms with E-state index in [1.807, 2.05) is 0 Å². The zero-order chi connectivity index (χ0) is 17.0. The fourth-order valence-corrected chi connectivity index (χ4v) is 3.66. The molecule has 2 N–H and O–H groups in total. The van der Waals surface area contributed by atoms with Crippen LogP contribution in [-0.4, -0.2) is 31.8 Å². The smallest absolute Gasteiger partial charge is 0.309 e. The van der Waals surface area contributed by atoms with Crippen molar-refractivity contribution in [3.63, 3.8) is 0 Å². The quantitative estimate of drug-likeness (QED) is 0.706. The van der Waals surface area contributed by atoms with E-state index in [2.05, 4.69) is 5.32 Å². The average Bonchev–Trinajstić information content (AvgIpc) is 2.43. The molecule has 0 aliphatic rings. The van der Waals surface area contributed by atoms with Crippen LogP contribution in [0.15, 0.2) is 23.1 Å². The van der Waals surface area contributed by atoms with E-state index in [4.69, 9.17) is 16.7 Å². The summed E-state index contributed by atoms with van der Waals surface area (Å²) < 4.78 is 24.3. The number of carboxylic acids is 1. The van der Waals surface area contributed by atoms with E-state index in [-0.39, 0.29) is 15.7 Å². The minimum absolute atomic E-state index is 0.0181. The van der Waals surface area contributed by atoms with Crippen molar-refractivity contribution in [2.75, 3.05) is 12.3 Å². The first-order valence-electron chi connectivity index (χ1n) is 7.06. The lowest BCUT2D eigenvalue weighted by atomic mass is 9.90. The van der Waals surface area contributed by atoms with E-state index in [1.54, 1.807) is 39.0 Å². The highest BCUT2D eigenvalue weighted by atomic mass is 35.5. The molecule has 0 unspecified atom stereocenters. The molecule has 0 spiro atoms. The second-order valence-corrected chi connectivity index (χ2v) is 8.37. The molecule has 0 aliphatic heterocycles. The Kier molecular flexibility index (Phi) is 6.40. The summed E-state index contributed by atoms with van der Waals surface area (Å²) in [5.41, 5.74) is -0.220. The number of hydrogen-bond acceptors (Lipinski definition) is 4. The molecule has 124 valence electrons. The minimum Gasteiger partial charge on any atom is -0.481 e. The Morgan fingerprint density at radius 2 is 2.00 bits per heavy atom. The molecule has 0 atom stereocenters. The second-order valence-electron chi connectivity index (χ2n) is 5.75. The topological polar surface area (TPSA) is 83.5 Å². The van der Waals surface area contributed by atoms with Gasteiger partial charge in [-0.15, -0.1) is 0 Å². The monoisotopic (exact) mass is 347 g/mol. The maximum absolute atomic E-state index is 12.1. The molecule has 5 nitrogen and oxygen atoms in total. The molecule has 22 heavy (non-hydrogen) atoms. The molecule has 0 saturated heterocycles. The predicted molar refractivity (Wildman–Crippen MR) is 86.9 cm³/mol. The number of benzene rings is 1. The van der Waals surface area contributed by atoms with E-state index < -0.39 is 21.2 Å². The molecule has 0 aliphatic carbocycles. The van der Waals surface area contributed by atoms with E-state index >= 15 is 0 Å². The van der Waals surface area contributed by atoms with Gasteiger partial charge in [0.15, 0.2) is 9.84 Å². The molecule has 0 saturated carbocycles. The van der Waals surface area contributed by atoms with Crippen molar-refractivity contribution >= 4 is 27.4 Å².